The highest BCUT2D eigenvalue weighted by Gasteiger charge is 2.32. The van der Waals surface area contributed by atoms with Crippen LogP contribution in [0.5, 0.6) is 0 Å². The standard InChI is InChI=1S/C22H20N4O2S/c23-25-22(26(24)18-14-8-3-9-15-18)29-21(19(27)16-10-4-1-5-11-16)20(28)17-12-6-2-7-13-17/h1-15,21H,23-24H2/b25-22+. The second-order valence-electron chi connectivity index (χ2n) is 6.08. The molecule has 0 heterocycles. The Kier molecular flexibility index (Phi) is 6.78. The molecule has 0 unspecified atom stereocenters. The van der Waals surface area contributed by atoms with Crippen LogP contribution in [-0.4, -0.2) is 22.0 Å². The smallest absolute Gasteiger partial charge is 0.202 e. The molecular formula is C22H20N4O2S. The van der Waals surface area contributed by atoms with Gasteiger partial charge < -0.3 is 5.84 Å². The molecular weight excluding hydrogens is 384 g/mol. The summed E-state index contributed by atoms with van der Waals surface area (Å²) in [5.74, 6) is 11.0. The summed E-state index contributed by atoms with van der Waals surface area (Å²) in [5.41, 5.74) is 1.48. The van der Waals surface area contributed by atoms with Crippen molar-refractivity contribution in [3.8, 4) is 0 Å². The summed E-state index contributed by atoms with van der Waals surface area (Å²) in [6, 6.07) is 26.3. The summed E-state index contributed by atoms with van der Waals surface area (Å²) >= 11 is 0.925. The van der Waals surface area contributed by atoms with E-state index in [0.29, 0.717) is 16.8 Å². The molecule has 0 spiro atoms. The highest BCUT2D eigenvalue weighted by molar-refractivity contribution is 8.15. The predicted molar refractivity (Wildman–Crippen MR) is 118 cm³/mol. The summed E-state index contributed by atoms with van der Waals surface area (Å²) in [5, 5.41) is 4.05. The number of hydrogen-bond donors (Lipinski definition) is 2. The Hall–Kier alpha value is -3.42. The Balaban J connectivity index is 1.94. The summed E-state index contributed by atoms with van der Waals surface area (Å²) in [4.78, 5) is 26.3. The maximum atomic E-state index is 13.2. The lowest BCUT2D eigenvalue weighted by molar-refractivity contribution is 0.0904. The van der Waals surface area contributed by atoms with E-state index >= 15 is 0 Å². The molecule has 4 N–H and O–H groups in total. The Morgan fingerprint density at radius 3 is 1.59 bits per heavy atom. The third-order valence-electron chi connectivity index (χ3n) is 4.17. The van der Waals surface area contributed by atoms with Gasteiger partial charge in [-0.15, -0.1) is 0 Å². The van der Waals surface area contributed by atoms with E-state index in [1.165, 1.54) is 5.01 Å². The topological polar surface area (TPSA) is 102 Å². The fraction of sp³-hybridized carbons (Fsp3) is 0.0455. The molecule has 0 fully saturated rings. The molecule has 0 aliphatic heterocycles. The molecule has 7 heteroatoms. The van der Waals surface area contributed by atoms with E-state index in [2.05, 4.69) is 5.10 Å². The van der Waals surface area contributed by atoms with Crippen molar-refractivity contribution in [1.29, 1.82) is 0 Å². The minimum Gasteiger partial charge on any atom is -0.321 e. The van der Waals surface area contributed by atoms with Gasteiger partial charge in [0.25, 0.3) is 0 Å². The van der Waals surface area contributed by atoms with Crippen LogP contribution in [0.3, 0.4) is 0 Å². The fourth-order valence-corrected chi connectivity index (χ4v) is 3.66. The van der Waals surface area contributed by atoms with Crippen molar-refractivity contribution in [1.82, 2.24) is 0 Å². The highest BCUT2D eigenvalue weighted by atomic mass is 32.2. The van der Waals surface area contributed by atoms with Gasteiger partial charge in [-0.3, -0.25) is 14.6 Å². The zero-order chi connectivity index (χ0) is 20.6. The van der Waals surface area contributed by atoms with Crippen molar-refractivity contribution in [2.45, 2.75) is 5.25 Å². The molecule has 0 saturated carbocycles. The monoisotopic (exact) mass is 404 g/mol. The number of amidine groups is 1. The summed E-state index contributed by atoms with van der Waals surface area (Å²) < 4.78 is 0. The largest absolute Gasteiger partial charge is 0.321 e. The molecule has 146 valence electrons. The maximum absolute atomic E-state index is 13.2. The van der Waals surface area contributed by atoms with E-state index in [9.17, 15) is 9.59 Å². The number of hydrazone groups is 1. The first-order chi connectivity index (χ1) is 14.1. The van der Waals surface area contributed by atoms with Gasteiger partial charge in [0, 0.05) is 11.1 Å². The lowest BCUT2D eigenvalue weighted by Crippen LogP contribution is -2.40. The molecule has 0 saturated heterocycles. The second kappa shape index (κ2) is 9.68. The first-order valence-electron chi connectivity index (χ1n) is 8.84. The number of carbonyl (C=O) groups is 2. The van der Waals surface area contributed by atoms with Crippen LogP contribution in [0.2, 0.25) is 0 Å². The Labute approximate surface area is 173 Å². The lowest BCUT2D eigenvalue weighted by Gasteiger charge is -2.22. The van der Waals surface area contributed by atoms with Gasteiger partial charge in [-0.05, 0) is 12.1 Å². The van der Waals surface area contributed by atoms with Crippen LogP contribution < -0.4 is 16.7 Å². The summed E-state index contributed by atoms with van der Waals surface area (Å²) in [6.45, 7) is 0. The van der Waals surface area contributed by atoms with E-state index in [4.69, 9.17) is 11.7 Å². The van der Waals surface area contributed by atoms with Gasteiger partial charge in [-0.1, -0.05) is 90.6 Å². The maximum Gasteiger partial charge on any atom is 0.202 e. The van der Waals surface area contributed by atoms with Crippen LogP contribution in [-0.2, 0) is 0 Å². The summed E-state index contributed by atoms with van der Waals surface area (Å²) in [7, 11) is 0. The number of carbonyl (C=O) groups excluding carboxylic acids is 2. The van der Waals surface area contributed by atoms with Crippen molar-refractivity contribution in [3.05, 3.63) is 102 Å². The molecule has 0 amide bonds. The van der Waals surface area contributed by atoms with Crippen LogP contribution in [0.15, 0.2) is 96.1 Å². The molecule has 0 atom stereocenters. The van der Waals surface area contributed by atoms with Crippen molar-refractivity contribution < 1.29 is 9.59 Å². The van der Waals surface area contributed by atoms with Gasteiger partial charge in [0.05, 0.1) is 5.69 Å². The van der Waals surface area contributed by atoms with E-state index in [0.717, 1.165) is 11.8 Å². The van der Waals surface area contributed by atoms with Crippen LogP contribution in [0.25, 0.3) is 0 Å². The van der Waals surface area contributed by atoms with Gasteiger partial charge in [0.2, 0.25) is 5.17 Å². The molecule has 0 aliphatic rings. The van der Waals surface area contributed by atoms with Gasteiger partial charge in [0.1, 0.15) is 5.25 Å². The number of hydrogen-bond acceptors (Lipinski definition) is 6. The quantitative estimate of drug-likeness (QED) is 0.163. The van der Waals surface area contributed by atoms with Crippen molar-refractivity contribution in [2.24, 2.45) is 16.8 Å². The molecule has 3 aromatic carbocycles. The zero-order valence-corrected chi connectivity index (χ0v) is 16.3. The highest BCUT2D eigenvalue weighted by Crippen LogP contribution is 2.25. The van der Waals surface area contributed by atoms with Crippen LogP contribution in [0.1, 0.15) is 20.7 Å². The number of thioether (sulfide) groups is 1. The van der Waals surface area contributed by atoms with Crippen LogP contribution >= 0.6 is 11.8 Å². The minimum absolute atomic E-state index is 0.148. The number of ketones is 2. The third kappa shape index (κ3) is 4.90. The molecule has 6 nitrogen and oxygen atoms in total. The molecule has 0 bridgehead atoms. The lowest BCUT2D eigenvalue weighted by atomic mass is 10.0. The minimum atomic E-state index is -1.09. The van der Waals surface area contributed by atoms with Crippen LogP contribution in [0.4, 0.5) is 5.69 Å². The zero-order valence-electron chi connectivity index (χ0n) is 15.5. The first-order valence-corrected chi connectivity index (χ1v) is 9.72. The SMILES string of the molecule is N/N=C(/SC(C(=O)c1ccccc1)C(=O)c1ccccc1)N(N)c1ccccc1. The Morgan fingerprint density at radius 1 is 0.759 bits per heavy atom. The predicted octanol–water partition coefficient (Wildman–Crippen LogP) is 3.46. The van der Waals surface area contributed by atoms with E-state index < -0.39 is 5.25 Å². The molecule has 0 aliphatic carbocycles. The van der Waals surface area contributed by atoms with Crippen LogP contribution in [0, 0.1) is 0 Å². The van der Waals surface area contributed by atoms with Crippen molar-refractivity contribution in [2.75, 3.05) is 5.01 Å². The average Bonchev–Trinajstić information content (AvgIpc) is 2.80. The van der Waals surface area contributed by atoms with Crippen molar-refractivity contribution >= 4 is 34.2 Å². The number of nitrogens with two attached hydrogens (primary N) is 2. The van der Waals surface area contributed by atoms with Gasteiger partial charge in [-0.2, -0.15) is 5.10 Å². The molecule has 29 heavy (non-hydrogen) atoms. The van der Waals surface area contributed by atoms with E-state index in [1.54, 1.807) is 60.7 Å². The summed E-state index contributed by atoms with van der Waals surface area (Å²) in [6.07, 6.45) is 0. The Bertz CT molecular complexity index is 944. The first kappa shape index (κ1) is 20.3. The van der Waals surface area contributed by atoms with Gasteiger partial charge >= 0.3 is 0 Å². The number of Topliss-reactive ketones (excluding diaryl/α,β-unsaturated/α-hetero) is 2. The Morgan fingerprint density at radius 2 is 1.17 bits per heavy atom. The number of hydrazine groups is 1. The number of benzene rings is 3. The normalized spacial score (nSPS) is 11.3. The van der Waals surface area contributed by atoms with E-state index in [-0.39, 0.29) is 16.7 Å². The molecule has 0 radical (unpaired) electrons. The van der Waals surface area contributed by atoms with Gasteiger partial charge in [0.15, 0.2) is 11.6 Å². The van der Waals surface area contributed by atoms with Crippen molar-refractivity contribution in [3.63, 3.8) is 0 Å². The van der Waals surface area contributed by atoms with E-state index in [1.807, 2.05) is 30.3 Å². The van der Waals surface area contributed by atoms with Gasteiger partial charge in [-0.25, -0.2) is 5.84 Å². The number of rotatable bonds is 6. The molecule has 3 aromatic rings. The number of anilines is 1. The average molecular weight is 404 g/mol. The fourth-order valence-electron chi connectivity index (χ4n) is 2.69. The number of para-hydroxylation sites is 1. The third-order valence-corrected chi connectivity index (χ3v) is 5.34. The molecule has 3 rings (SSSR count). The second-order valence-corrected chi connectivity index (χ2v) is 7.15. The number of nitrogens with zero attached hydrogens (tertiary/aromatic N) is 2. The molecule has 0 aromatic heterocycles.